The maximum atomic E-state index is 11.1. The summed E-state index contributed by atoms with van der Waals surface area (Å²) in [6.45, 7) is 3.80. The minimum absolute atomic E-state index is 0.00289. The van der Waals surface area contributed by atoms with Gasteiger partial charge in [0.25, 0.3) is 0 Å². The molecule has 0 N–H and O–H groups in total. The number of carbonyl (C=O) groups excluding carboxylic acids is 1. The third-order valence-corrected chi connectivity index (χ3v) is 3.71. The zero-order valence-electron chi connectivity index (χ0n) is 6.64. The molecule has 1 nitrogen and oxygen atoms in total. The van der Waals surface area contributed by atoms with Crippen molar-refractivity contribution < 1.29 is 4.79 Å². The van der Waals surface area contributed by atoms with Crippen LogP contribution in [0.25, 0.3) is 0 Å². The number of rotatable bonds is 1. The van der Waals surface area contributed by atoms with E-state index in [2.05, 4.69) is 6.92 Å². The van der Waals surface area contributed by atoms with Crippen molar-refractivity contribution in [2.75, 3.05) is 11.5 Å². The third-order valence-electron chi connectivity index (χ3n) is 2.29. The molecule has 1 aliphatic heterocycles. The summed E-state index contributed by atoms with van der Waals surface area (Å²) >= 11 is 1.91. The van der Waals surface area contributed by atoms with E-state index in [-0.39, 0.29) is 5.41 Å². The SMILES string of the molecule is CC(=O)C1(C)CCCSC1. The molecule has 0 amide bonds. The largest absolute Gasteiger partial charge is 0.299 e. The van der Waals surface area contributed by atoms with Crippen LogP contribution in [0.2, 0.25) is 0 Å². The van der Waals surface area contributed by atoms with Crippen molar-refractivity contribution in [1.82, 2.24) is 0 Å². The van der Waals surface area contributed by atoms with Gasteiger partial charge in [0, 0.05) is 11.2 Å². The van der Waals surface area contributed by atoms with Crippen LogP contribution in [0.15, 0.2) is 0 Å². The van der Waals surface area contributed by atoms with E-state index in [4.69, 9.17) is 0 Å². The van der Waals surface area contributed by atoms with Gasteiger partial charge in [0.2, 0.25) is 0 Å². The number of thioether (sulfide) groups is 1. The molecule has 1 atom stereocenters. The second kappa shape index (κ2) is 2.95. The Morgan fingerprint density at radius 2 is 2.30 bits per heavy atom. The van der Waals surface area contributed by atoms with Crippen molar-refractivity contribution in [3.05, 3.63) is 0 Å². The number of ketones is 1. The smallest absolute Gasteiger partial charge is 0.136 e. The quantitative estimate of drug-likeness (QED) is 0.581. The van der Waals surface area contributed by atoms with Crippen LogP contribution < -0.4 is 0 Å². The average molecular weight is 158 g/mol. The molecule has 1 unspecified atom stereocenters. The Bertz CT molecular complexity index is 136. The van der Waals surface area contributed by atoms with Gasteiger partial charge in [0.15, 0.2) is 0 Å². The predicted molar refractivity (Wildman–Crippen MR) is 45.3 cm³/mol. The van der Waals surface area contributed by atoms with Crippen molar-refractivity contribution in [3.63, 3.8) is 0 Å². The van der Waals surface area contributed by atoms with Gasteiger partial charge in [0.1, 0.15) is 5.78 Å². The van der Waals surface area contributed by atoms with Crippen LogP contribution in [-0.4, -0.2) is 17.3 Å². The van der Waals surface area contributed by atoms with Crippen molar-refractivity contribution in [2.24, 2.45) is 5.41 Å². The van der Waals surface area contributed by atoms with Crippen LogP contribution in [0, 0.1) is 5.41 Å². The van der Waals surface area contributed by atoms with Crippen molar-refractivity contribution in [1.29, 1.82) is 0 Å². The molecule has 0 saturated carbocycles. The highest BCUT2D eigenvalue weighted by atomic mass is 32.2. The number of hydrogen-bond acceptors (Lipinski definition) is 2. The topological polar surface area (TPSA) is 17.1 Å². The molecule has 0 aromatic carbocycles. The summed E-state index contributed by atoms with van der Waals surface area (Å²) in [6, 6.07) is 0. The minimum Gasteiger partial charge on any atom is -0.299 e. The molecule has 2 heteroatoms. The summed E-state index contributed by atoms with van der Waals surface area (Å²) in [4.78, 5) is 11.1. The van der Waals surface area contributed by atoms with Crippen LogP contribution in [0.4, 0.5) is 0 Å². The first-order valence-electron chi connectivity index (χ1n) is 3.74. The Labute approximate surface area is 66.6 Å². The fourth-order valence-electron chi connectivity index (χ4n) is 1.21. The van der Waals surface area contributed by atoms with Gasteiger partial charge in [-0.15, -0.1) is 0 Å². The molecule has 0 aromatic heterocycles. The summed E-state index contributed by atoms with van der Waals surface area (Å²) in [5, 5.41) is 0. The molecule has 0 aromatic rings. The van der Waals surface area contributed by atoms with E-state index in [9.17, 15) is 4.79 Å². The maximum Gasteiger partial charge on any atom is 0.136 e. The Hall–Kier alpha value is 0.0200. The molecule has 1 saturated heterocycles. The van der Waals surface area contributed by atoms with E-state index in [1.54, 1.807) is 6.92 Å². The van der Waals surface area contributed by atoms with Crippen LogP contribution in [-0.2, 0) is 4.79 Å². The van der Waals surface area contributed by atoms with Gasteiger partial charge in [-0.3, -0.25) is 4.79 Å². The van der Waals surface area contributed by atoms with Crippen LogP contribution in [0.5, 0.6) is 0 Å². The number of carbonyl (C=O) groups is 1. The summed E-state index contributed by atoms with van der Waals surface area (Å²) in [7, 11) is 0. The standard InChI is InChI=1S/C8H14OS/c1-7(9)8(2)4-3-5-10-6-8/h3-6H2,1-2H3. The first-order chi connectivity index (χ1) is 4.65. The Morgan fingerprint density at radius 3 is 2.60 bits per heavy atom. The van der Waals surface area contributed by atoms with Gasteiger partial charge < -0.3 is 0 Å². The minimum atomic E-state index is 0.00289. The van der Waals surface area contributed by atoms with Gasteiger partial charge >= 0.3 is 0 Å². The molecular formula is C8H14OS. The molecule has 0 radical (unpaired) electrons. The summed E-state index contributed by atoms with van der Waals surface area (Å²) < 4.78 is 0. The van der Waals surface area contributed by atoms with Crippen LogP contribution >= 0.6 is 11.8 Å². The van der Waals surface area contributed by atoms with E-state index in [1.165, 1.54) is 12.2 Å². The zero-order chi connectivity index (χ0) is 7.61. The van der Waals surface area contributed by atoms with Crippen LogP contribution in [0.3, 0.4) is 0 Å². The lowest BCUT2D eigenvalue weighted by molar-refractivity contribution is -0.125. The highest BCUT2D eigenvalue weighted by Gasteiger charge is 2.31. The van der Waals surface area contributed by atoms with Crippen molar-refractivity contribution >= 4 is 17.5 Å². The summed E-state index contributed by atoms with van der Waals surface area (Å²) in [5.74, 6) is 2.63. The molecule has 1 heterocycles. The first kappa shape index (κ1) is 8.12. The summed E-state index contributed by atoms with van der Waals surface area (Å²) in [6.07, 6.45) is 2.30. The molecule has 58 valence electrons. The molecule has 10 heavy (non-hydrogen) atoms. The van der Waals surface area contributed by atoms with Gasteiger partial charge in [-0.25, -0.2) is 0 Å². The van der Waals surface area contributed by atoms with Gasteiger partial charge in [-0.1, -0.05) is 6.92 Å². The second-order valence-electron chi connectivity index (χ2n) is 3.27. The zero-order valence-corrected chi connectivity index (χ0v) is 7.46. The van der Waals surface area contributed by atoms with E-state index >= 15 is 0 Å². The molecule has 1 rings (SSSR count). The first-order valence-corrected chi connectivity index (χ1v) is 4.89. The van der Waals surface area contributed by atoms with E-state index < -0.39 is 0 Å². The summed E-state index contributed by atoms with van der Waals surface area (Å²) in [5.41, 5.74) is 0.00289. The lowest BCUT2D eigenvalue weighted by atomic mass is 9.84. The predicted octanol–water partition coefficient (Wildman–Crippen LogP) is 2.11. The maximum absolute atomic E-state index is 11.1. The molecule has 0 aliphatic carbocycles. The lowest BCUT2D eigenvalue weighted by Crippen LogP contribution is -2.31. The normalized spacial score (nSPS) is 33.8. The Kier molecular flexibility index (Phi) is 2.40. The van der Waals surface area contributed by atoms with E-state index in [1.807, 2.05) is 11.8 Å². The lowest BCUT2D eigenvalue weighted by Gasteiger charge is -2.30. The number of hydrogen-bond donors (Lipinski definition) is 0. The van der Waals surface area contributed by atoms with Gasteiger partial charge in [0.05, 0.1) is 0 Å². The third kappa shape index (κ3) is 1.54. The van der Waals surface area contributed by atoms with E-state index in [0.717, 1.165) is 12.2 Å². The second-order valence-corrected chi connectivity index (χ2v) is 4.38. The van der Waals surface area contributed by atoms with Crippen LogP contribution in [0.1, 0.15) is 26.7 Å². The Morgan fingerprint density at radius 1 is 1.60 bits per heavy atom. The van der Waals surface area contributed by atoms with Gasteiger partial charge in [-0.2, -0.15) is 11.8 Å². The van der Waals surface area contributed by atoms with Crippen molar-refractivity contribution in [2.45, 2.75) is 26.7 Å². The monoisotopic (exact) mass is 158 g/mol. The fraction of sp³-hybridized carbons (Fsp3) is 0.875. The average Bonchev–Trinajstić information content (AvgIpc) is 1.89. The molecule has 1 fully saturated rings. The Balaban J connectivity index is 2.56. The molecule has 1 aliphatic rings. The molecule has 0 bridgehead atoms. The van der Waals surface area contributed by atoms with Gasteiger partial charge in [-0.05, 0) is 25.5 Å². The highest BCUT2D eigenvalue weighted by molar-refractivity contribution is 7.99. The van der Waals surface area contributed by atoms with Crippen molar-refractivity contribution in [3.8, 4) is 0 Å². The highest BCUT2D eigenvalue weighted by Crippen LogP contribution is 2.34. The fourth-order valence-corrected chi connectivity index (χ4v) is 2.50. The molecular weight excluding hydrogens is 144 g/mol. The number of Topliss-reactive ketones (excluding diaryl/α,β-unsaturated/α-hetero) is 1. The molecule has 0 spiro atoms. The van der Waals surface area contributed by atoms with E-state index in [0.29, 0.717) is 5.78 Å².